The van der Waals surface area contributed by atoms with Gasteiger partial charge < -0.3 is 9.64 Å². The molecule has 1 aliphatic heterocycles. The van der Waals surface area contributed by atoms with Gasteiger partial charge in [0, 0.05) is 18.0 Å². The van der Waals surface area contributed by atoms with Crippen LogP contribution in [0, 0.1) is 17.5 Å². The van der Waals surface area contributed by atoms with E-state index in [-0.39, 0.29) is 18.7 Å². The van der Waals surface area contributed by atoms with Gasteiger partial charge in [-0.3, -0.25) is 4.18 Å². The Morgan fingerprint density at radius 3 is 2.38 bits per heavy atom. The SMILES string of the molecule is CS(=O)(=O)O[C@H]([C@H](c1ccc(F)cc1)c1cccc(F)c1F)[C@H]1CCCN1C(=O)OCc1ccccc1. The van der Waals surface area contributed by atoms with Gasteiger partial charge in [0.15, 0.2) is 11.6 Å². The van der Waals surface area contributed by atoms with Crippen molar-refractivity contribution in [2.75, 3.05) is 12.8 Å². The maximum atomic E-state index is 15.1. The zero-order valence-electron chi connectivity index (χ0n) is 20.0. The number of benzene rings is 3. The smallest absolute Gasteiger partial charge is 0.410 e. The molecule has 37 heavy (non-hydrogen) atoms. The predicted molar refractivity (Wildman–Crippen MR) is 131 cm³/mol. The van der Waals surface area contributed by atoms with Crippen LogP contribution in [0.25, 0.3) is 0 Å². The Kier molecular flexibility index (Phi) is 8.19. The number of hydrogen-bond donors (Lipinski definition) is 0. The highest BCUT2D eigenvalue weighted by Crippen LogP contribution is 2.39. The van der Waals surface area contributed by atoms with Gasteiger partial charge in [0.1, 0.15) is 18.5 Å². The van der Waals surface area contributed by atoms with E-state index in [2.05, 4.69) is 0 Å². The monoisotopic (exact) mass is 533 g/mol. The molecule has 3 atom stereocenters. The Balaban J connectivity index is 1.74. The molecule has 0 bridgehead atoms. The third kappa shape index (κ3) is 6.50. The maximum absolute atomic E-state index is 15.1. The second kappa shape index (κ2) is 11.4. The van der Waals surface area contributed by atoms with Gasteiger partial charge in [0.25, 0.3) is 10.1 Å². The summed E-state index contributed by atoms with van der Waals surface area (Å²) in [7, 11) is -4.13. The number of ether oxygens (including phenoxy) is 1. The van der Waals surface area contributed by atoms with Crippen LogP contribution in [0.15, 0.2) is 72.8 Å². The second-order valence-electron chi connectivity index (χ2n) is 8.88. The summed E-state index contributed by atoms with van der Waals surface area (Å²) in [6.07, 6.45) is -0.350. The molecule has 0 saturated carbocycles. The van der Waals surface area contributed by atoms with Crippen molar-refractivity contribution in [1.29, 1.82) is 0 Å². The van der Waals surface area contributed by atoms with Crippen LogP contribution in [0.3, 0.4) is 0 Å². The molecule has 3 aromatic rings. The van der Waals surface area contributed by atoms with Crippen LogP contribution in [-0.2, 0) is 25.6 Å². The summed E-state index contributed by atoms with van der Waals surface area (Å²) in [5, 5.41) is 0. The summed E-state index contributed by atoms with van der Waals surface area (Å²) in [5.41, 5.74) is 0.885. The van der Waals surface area contributed by atoms with Crippen LogP contribution in [-0.4, -0.2) is 44.4 Å². The molecule has 1 aliphatic rings. The molecule has 1 amide bonds. The van der Waals surface area contributed by atoms with Crippen molar-refractivity contribution in [1.82, 2.24) is 4.90 Å². The van der Waals surface area contributed by atoms with E-state index >= 15 is 4.39 Å². The van der Waals surface area contributed by atoms with Crippen LogP contribution >= 0.6 is 0 Å². The van der Waals surface area contributed by atoms with Crippen molar-refractivity contribution in [3.05, 3.63) is 107 Å². The van der Waals surface area contributed by atoms with E-state index in [9.17, 15) is 22.0 Å². The van der Waals surface area contributed by atoms with Gasteiger partial charge in [-0.25, -0.2) is 18.0 Å². The Morgan fingerprint density at radius 1 is 1.00 bits per heavy atom. The molecule has 0 aliphatic carbocycles. The number of likely N-dealkylation sites (tertiary alicyclic amines) is 1. The highest BCUT2D eigenvalue weighted by atomic mass is 32.2. The van der Waals surface area contributed by atoms with Gasteiger partial charge in [0.05, 0.1) is 12.3 Å². The van der Waals surface area contributed by atoms with E-state index in [0.29, 0.717) is 18.4 Å². The molecule has 0 unspecified atom stereocenters. The molecule has 0 radical (unpaired) electrons. The standard InChI is InChI=1S/C27H26F3NO5S/c1-37(33,34)36-26(23-11-6-16-31(23)27(32)35-17-18-7-3-2-4-8-18)24(19-12-14-20(28)15-13-19)21-9-5-10-22(29)25(21)30/h2-5,7-10,12-15,23-24,26H,6,11,16-17H2,1H3/t23-,24-,26+/m1/s1. The maximum Gasteiger partial charge on any atom is 0.410 e. The van der Waals surface area contributed by atoms with Crippen LogP contribution in [0.4, 0.5) is 18.0 Å². The lowest BCUT2D eigenvalue weighted by molar-refractivity contribution is 0.0545. The number of carbonyl (C=O) groups excluding carboxylic acids is 1. The van der Waals surface area contributed by atoms with Gasteiger partial charge in [-0.2, -0.15) is 8.42 Å². The van der Waals surface area contributed by atoms with Crippen LogP contribution in [0.1, 0.15) is 35.4 Å². The number of amides is 1. The largest absolute Gasteiger partial charge is 0.445 e. The first-order valence-corrected chi connectivity index (χ1v) is 13.5. The van der Waals surface area contributed by atoms with Gasteiger partial charge in [0.2, 0.25) is 0 Å². The van der Waals surface area contributed by atoms with E-state index in [0.717, 1.165) is 30.0 Å². The van der Waals surface area contributed by atoms with E-state index in [1.54, 1.807) is 24.3 Å². The minimum atomic E-state index is -4.13. The summed E-state index contributed by atoms with van der Waals surface area (Å²) in [5.74, 6) is -4.06. The summed E-state index contributed by atoms with van der Waals surface area (Å²) in [4.78, 5) is 14.4. The highest BCUT2D eigenvalue weighted by Gasteiger charge is 2.44. The highest BCUT2D eigenvalue weighted by molar-refractivity contribution is 7.86. The molecule has 0 aromatic heterocycles. The third-order valence-corrected chi connectivity index (χ3v) is 6.85. The summed E-state index contributed by atoms with van der Waals surface area (Å²) < 4.78 is 78.8. The number of nitrogens with zero attached hydrogens (tertiary/aromatic N) is 1. The lowest BCUT2D eigenvalue weighted by Gasteiger charge is -2.36. The number of hydrogen-bond acceptors (Lipinski definition) is 5. The van der Waals surface area contributed by atoms with Gasteiger partial charge in [-0.15, -0.1) is 0 Å². The lowest BCUT2D eigenvalue weighted by atomic mass is 9.82. The first kappa shape index (κ1) is 26.7. The molecular weight excluding hydrogens is 507 g/mol. The first-order chi connectivity index (χ1) is 17.6. The fourth-order valence-corrected chi connectivity index (χ4v) is 5.33. The zero-order chi connectivity index (χ0) is 26.6. The van der Waals surface area contributed by atoms with Crippen molar-refractivity contribution in [2.24, 2.45) is 0 Å². The topological polar surface area (TPSA) is 72.9 Å². The molecule has 196 valence electrons. The van der Waals surface area contributed by atoms with Crippen molar-refractivity contribution in [3.63, 3.8) is 0 Å². The minimum absolute atomic E-state index is 0.000406. The molecule has 1 heterocycles. The molecule has 10 heteroatoms. The molecule has 1 saturated heterocycles. The Labute approximate surface area is 213 Å². The van der Waals surface area contributed by atoms with Crippen LogP contribution in [0.2, 0.25) is 0 Å². The van der Waals surface area contributed by atoms with E-state index in [4.69, 9.17) is 8.92 Å². The average Bonchev–Trinajstić information content (AvgIpc) is 3.36. The average molecular weight is 534 g/mol. The van der Waals surface area contributed by atoms with Crippen LogP contribution < -0.4 is 0 Å². The number of halogens is 3. The Morgan fingerprint density at radius 2 is 1.70 bits per heavy atom. The second-order valence-corrected chi connectivity index (χ2v) is 10.5. The fraction of sp³-hybridized carbons (Fsp3) is 0.296. The van der Waals surface area contributed by atoms with Crippen molar-refractivity contribution in [2.45, 2.75) is 37.5 Å². The Bertz CT molecular complexity index is 1340. The first-order valence-electron chi connectivity index (χ1n) is 11.7. The van der Waals surface area contributed by atoms with Gasteiger partial charge in [-0.1, -0.05) is 54.6 Å². The van der Waals surface area contributed by atoms with Gasteiger partial charge >= 0.3 is 6.09 Å². The van der Waals surface area contributed by atoms with Crippen LogP contribution in [0.5, 0.6) is 0 Å². The number of carbonyl (C=O) groups is 1. The normalized spacial score (nSPS) is 17.4. The summed E-state index contributed by atoms with van der Waals surface area (Å²) in [6, 6.07) is 16.7. The summed E-state index contributed by atoms with van der Waals surface area (Å²) >= 11 is 0. The number of rotatable bonds is 8. The lowest BCUT2D eigenvalue weighted by Crippen LogP contribution is -2.47. The van der Waals surface area contributed by atoms with E-state index < -0.39 is 51.7 Å². The third-order valence-electron chi connectivity index (χ3n) is 6.28. The molecule has 6 nitrogen and oxygen atoms in total. The van der Waals surface area contributed by atoms with E-state index in [1.807, 2.05) is 6.07 Å². The molecule has 0 N–H and O–H groups in total. The molecule has 1 fully saturated rings. The van der Waals surface area contributed by atoms with Crippen molar-refractivity contribution >= 4 is 16.2 Å². The molecule has 3 aromatic carbocycles. The van der Waals surface area contributed by atoms with Gasteiger partial charge in [-0.05, 0) is 42.2 Å². The molecule has 0 spiro atoms. The summed E-state index contributed by atoms with van der Waals surface area (Å²) in [6.45, 7) is 0.254. The fourth-order valence-electron chi connectivity index (χ4n) is 4.68. The zero-order valence-corrected chi connectivity index (χ0v) is 20.8. The van der Waals surface area contributed by atoms with Crippen molar-refractivity contribution < 1.29 is 35.3 Å². The Hall–Kier alpha value is -3.37. The van der Waals surface area contributed by atoms with Crippen molar-refractivity contribution in [3.8, 4) is 0 Å². The minimum Gasteiger partial charge on any atom is -0.445 e. The predicted octanol–water partition coefficient (Wildman–Crippen LogP) is 5.38. The molecule has 4 rings (SSSR count). The molecular formula is C27H26F3NO5S. The van der Waals surface area contributed by atoms with E-state index in [1.165, 1.54) is 29.2 Å². The quantitative estimate of drug-likeness (QED) is 0.364.